The van der Waals surface area contributed by atoms with Crippen LogP contribution in [0.25, 0.3) is 0 Å². The van der Waals surface area contributed by atoms with Crippen molar-refractivity contribution in [2.24, 2.45) is 16.1 Å². The lowest BCUT2D eigenvalue weighted by atomic mass is 9.89. The number of carbonyl (C=O) groups is 1. The summed E-state index contributed by atoms with van der Waals surface area (Å²) in [7, 11) is 1.39. The molecule has 0 unspecified atom stereocenters. The van der Waals surface area contributed by atoms with Gasteiger partial charge in [0.15, 0.2) is 5.54 Å². The minimum Gasteiger partial charge on any atom is -0.467 e. The van der Waals surface area contributed by atoms with Gasteiger partial charge < -0.3 is 10.1 Å². The van der Waals surface area contributed by atoms with Crippen molar-refractivity contribution < 1.29 is 9.53 Å². The summed E-state index contributed by atoms with van der Waals surface area (Å²) >= 11 is 0. The third kappa shape index (κ3) is 0.797. The quantitative estimate of drug-likeness (QED) is 0.542. The average Bonchev–Trinajstić information content (AvgIpc) is 2.60. The van der Waals surface area contributed by atoms with Gasteiger partial charge in [-0.2, -0.15) is 10.2 Å². The first-order valence-corrected chi connectivity index (χ1v) is 3.97. The highest BCUT2D eigenvalue weighted by Crippen LogP contribution is 2.33. The van der Waals surface area contributed by atoms with Crippen LogP contribution in [0, 0.1) is 5.92 Å². The van der Waals surface area contributed by atoms with Gasteiger partial charge in [0.1, 0.15) is 0 Å². The van der Waals surface area contributed by atoms with E-state index in [-0.39, 0.29) is 11.9 Å². The first-order valence-electron chi connectivity index (χ1n) is 3.97. The van der Waals surface area contributed by atoms with Crippen molar-refractivity contribution in [2.75, 3.05) is 26.7 Å². The molecule has 0 spiro atoms. The van der Waals surface area contributed by atoms with Gasteiger partial charge in [-0.05, 0) is 0 Å². The van der Waals surface area contributed by atoms with Crippen molar-refractivity contribution in [3.8, 4) is 0 Å². The molecule has 2 heterocycles. The lowest BCUT2D eigenvalue weighted by Crippen LogP contribution is -2.43. The van der Waals surface area contributed by atoms with Gasteiger partial charge in [-0.25, -0.2) is 4.79 Å². The summed E-state index contributed by atoms with van der Waals surface area (Å²) in [6.07, 6.45) is 0. The fraction of sp³-hybridized carbons (Fsp3) is 0.857. The second-order valence-corrected chi connectivity index (χ2v) is 3.17. The summed E-state index contributed by atoms with van der Waals surface area (Å²) in [5.74, 6) is -0.0660. The number of methoxy groups -OCH3 is 1. The molecule has 0 radical (unpaired) electrons. The Balaban J connectivity index is 2.27. The van der Waals surface area contributed by atoms with Crippen molar-refractivity contribution in [1.82, 2.24) is 5.32 Å². The summed E-state index contributed by atoms with van der Waals surface area (Å²) in [4.78, 5) is 11.4. The number of hydrogen-bond donors (Lipinski definition) is 1. The van der Waals surface area contributed by atoms with Crippen molar-refractivity contribution in [1.29, 1.82) is 0 Å². The topological polar surface area (TPSA) is 63.0 Å². The fourth-order valence-corrected chi connectivity index (χ4v) is 1.80. The Bertz CT molecular complexity index is 241. The number of hydrogen-bond acceptors (Lipinski definition) is 5. The Morgan fingerprint density at radius 3 is 3.33 bits per heavy atom. The third-order valence-corrected chi connectivity index (χ3v) is 2.55. The molecule has 66 valence electrons. The molecule has 0 aromatic carbocycles. The molecule has 5 nitrogen and oxygen atoms in total. The van der Waals surface area contributed by atoms with Crippen molar-refractivity contribution in [3.05, 3.63) is 0 Å². The smallest absolute Gasteiger partial charge is 0.337 e. The third-order valence-electron chi connectivity index (χ3n) is 2.55. The second kappa shape index (κ2) is 2.52. The van der Waals surface area contributed by atoms with Crippen LogP contribution in [-0.4, -0.2) is 38.3 Å². The normalized spacial score (nSPS) is 38.2. The Morgan fingerprint density at radius 2 is 2.58 bits per heavy atom. The SMILES string of the molecule is COC(=O)[C@]12CNC[C@H]1CN=N2. The largest absolute Gasteiger partial charge is 0.467 e. The van der Waals surface area contributed by atoms with E-state index in [1.807, 2.05) is 0 Å². The van der Waals surface area contributed by atoms with Crippen molar-refractivity contribution in [2.45, 2.75) is 5.54 Å². The number of nitrogens with one attached hydrogen (secondary N) is 1. The van der Waals surface area contributed by atoms with E-state index in [1.54, 1.807) is 0 Å². The first kappa shape index (κ1) is 7.67. The summed E-state index contributed by atoms with van der Waals surface area (Å²) < 4.78 is 4.71. The first-order chi connectivity index (χ1) is 5.79. The van der Waals surface area contributed by atoms with Gasteiger partial charge in [-0.1, -0.05) is 0 Å². The Hall–Kier alpha value is -0.970. The molecule has 1 saturated heterocycles. The molecule has 0 bridgehead atoms. The van der Waals surface area contributed by atoms with Crippen LogP contribution < -0.4 is 5.32 Å². The van der Waals surface area contributed by atoms with Crippen LogP contribution in [0.5, 0.6) is 0 Å². The molecule has 0 aromatic rings. The van der Waals surface area contributed by atoms with Crippen molar-refractivity contribution >= 4 is 5.97 Å². The van der Waals surface area contributed by atoms with Crippen LogP contribution in [0.15, 0.2) is 10.2 Å². The zero-order valence-corrected chi connectivity index (χ0v) is 6.91. The van der Waals surface area contributed by atoms with Gasteiger partial charge in [-0.3, -0.25) is 0 Å². The number of nitrogens with zero attached hydrogens (tertiary/aromatic N) is 2. The standard InChI is InChI=1S/C7H11N3O2/c1-12-6(11)7-4-8-2-5(7)3-9-10-7/h5,8H,2-4H2,1H3/t5-,7-/m0/s1. The number of carbonyl (C=O) groups excluding carboxylic acids is 1. The molecule has 0 amide bonds. The lowest BCUT2D eigenvalue weighted by molar-refractivity contribution is -0.147. The maximum absolute atomic E-state index is 11.4. The van der Waals surface area contributed by atoms with Gasteiger partial charge in [0.2, 0.25) is 0 Å². The molecule has 12 heavy (non-hydrogen) atoms. The zero-order valence-electron chi connectivity index (χ0n) is 6.91. The number of rotatable bonds is 1. The molecule has 0 aliphatic carbocycles. The lowest BCUT2D eigenvalue weighted by Gasteiger charge is -2.19. The van der Waals surface area contributed by atoms with Crippen LogP contribution in [0.2, 0.25) is 0 Å². The zero-order chi connectivity index (χ0) is 8.60. The van der Waals surface area contributed by atoms with E-state index in [1.165, 1.54) is 7.11 Å². The van der Waals surface area contributed by atoms with E-state index in [0.717, 1.165) is 6.54 Å². The minimum atomic E-state index is -0.700. The summed E-state index contributed by atoms with van der Waals surface area (Å²) in [6.45, 7) is 2.01. The van der Waals surface area contributed by atoms with E-state index in [4.69, 9.17) is 4.74 Å². The number of ether oxygens (including phenoxy) is 1. The van der Waals surface area contributed by atoms with E-state index < -0.39 is 5.54 Å². The van der Waals surface area contributed by atoms with Gasteiger partial charge >= 0.3 is 5.97 Å². The van der Waals surface area contributed by atoms with Crippen LogP contribution in [0.4, 0.5) is 0 Å². The molecular weight excluding hydrogens is 158 g/mol. The highest BCUT2D eigenvalue weighted by Gasteiger charge is 2.53. The van der Waals surface area contributed by atoms with Gasteiger partial charge in [-0.15, -0.1) is 0 Å². The van der Waals surface area contributed by atoms with Crippen molar-refractivity contribution in [3.63, 3.8) is 0 Å². The van der Waals surface area contributed by atoms with Crippen LogP contribution in [0.1, 0.15) is 0 Å². The maximum Gasteiger partial charge on any atom is 0.337 e. The van der Waals surface area contributed by atoms with Gasteiger partial charge in [0.25, 0.3) is 0 Å². The van der Waals surface area contributed by atoms with Gasteiger partial charge in [0, 0.05) is 19.0 Å². The van der Waals surface area contributed by atoms with E-state index in [9.17, 15) is 4.79 Å². The predicted molar refractivity (Wildman–Crippen MR) is 40.8 cm³/mol. The average molecular weight is 169 g/mol. The number of esters is 1. The fourth-order valence-electron chi connectivity index (χ4n) is 1.80. The Morgan fingerprint density at radius 1 is 1.75 bits per heavy atom. The molecule has 0 saturated carbocycles. The molecule has 1 N–H and O–H groups in total. The molecule has 2 aliphatic heterocycles. The summed E-state index contributed by atoms with van der Waals surface area (Å²) in [6, 6.07) is 0. The highest BCUT2D eigenvalue weighted by molar-refractivity contribution is 5.82. The van der Waals surface area contributed by atoms with Crippen LogP contribution in [-0.2, 0) is 9.53 Å². The molecule has 5 heteroatoms. The summed E-state index contributed by atoms with van der Waals surface area (Å²) in [5.41, 5.74) is -0.700. The van der Waals surface area contributed by atoms with Crippen LogP contribution >= 0.6 is 0 Å². The molecule has 0 aromatic heterocycles. The summed E-state index contributed by atoms with van der Waals surface area (Å²) in [5, 5.41) is 11.0. The van der Waals surface area contributed by atoms with E-state index in [2.05, 4.69) is 15.5 Å². The van der Waals surface area contributed by atoms with E-state index in [0.29, 0.717) is 13.1 Å². The highest BCUT2D eigenvalue weighted by atomic mass is 16.5. The monoisotopic (exact) mass is 169 g/mol. The Kier molecular flexibility index (Phi) is 1.61. The van der Waals surface area contributed by atoms with E-state index >= 15 is 0 Å². The molecular formula is C7H11N3O2. The molecule has 2 aliphatic rings. The molecule has 2 rings (SSSR count). The maximum atomic E-state index is 11.4. The Labute approximate surface area is 70.2 Å². The van der Waals surface area contributed by atoms with Gasteiger partial charge in [0.05, 0.1) is 13.7 Å². The number of azo groups is 1. The molecule has 2 atom stereocenters. The predicted octanol–water partition coefficient (Wildman–Crippen LogP) is -0.417. The minimum absolute atomic E-state index is 0.199. The molecule has 1 fully saturated rings. The van der Waals surface area contributed by atoms with Crippen LogP contribution in [0.3, 0.4) is 0 Å². The second-order valence-electron chi connectivity index (χ2n) is 3.17. The number of fused-ring (bicyclic) bond motifs is 1.